The molecule has 0 aliphatic rings. The first-order chi connectivity index (χ1) is 66.1. The van der Waals surface area contributed by atoms with Crippen LogP contribution in [-0.4, -0.2) is 449 Å². The number of esters is 10. The lowest BCUT2D eigenvalue weighted by Crippen LogP contribution is -2.43. The van der Waals surface area contributed by atoms with E-state index in [1.54, 1.807) is 0 Å². The number of hydrogen-bond acceptors (Lipinski definition) is 47. The second-order valence-corrected chi connectivity index (χ2v) is 26.8. The second-order valence-electron chi connectivity index (χ2n) is 26.8. The van der Waals surface area contributed by atoms with Crippen LogP contribution in [0.1, 0.15) is 28.2 Å². The van der Waals surface area contributed by atoms with Crippen molar-refractivity contribution in [1.29, 1.82) is 0 Å². The minimum atomic E-state index is -1.48. The highest BCUT2D eigenvalue weighted by Gasteiger charge is 2.33. The van der Waals surface area contributed by atoms with E-state index in [4.69, 9.17) is 114 Å². The Morgan fingerprint density at radius 2 is 0.443 bits per heavy atom. The zero-order chi connectivity index (χ0) is 104. The third-order valence-electron chi connectivity index (χ3n) is 14.9. The monoisotopic (exact) mass is 2020 g/mol. The number of carbonyl (C=O) groups excluding carboxylic acids is 12. The summed E-state index contributed by atoms with van der Waals surface area (Å²) in [6.07, 6.45) is 1.20. The summed E-state index contributed by atoms with van der Waals surface area (Å²) in [7, 11) is 0. The summed E-state index contributed by atoms with van der Waals surface area (Å²) < 4.78 is 135. The minimum Gasteiger partial charge on any atom is -0.460 e. The predicted molar refractivity (Wildman–Crippen MR) is 497 cm³/mol. The molecule has 0 aliphatic heterocycles. The van der Waals surface area contributed by atoms with Gasteiger partial charge in [0.15, 0.2) is 12.0 Å². The number of amides is 1. The Bertz CT molecular complexity index is 3090. The van der Waals surface area contributed by atoms with Crippen LogP contribution in [0.2, 0.25) is 0 Å². The molecule has 1 amide bonds. The standard InChI is InChI=1S/C37H60O20.C27H44O15.C9H13NO4.C9H16O4.C8H10O4.2CH4/c1-5-33(42)54-21-29(38)17-46-9-13-50-25-37(26-51-14-10-47-18-30(39)22-55-34(43)6-2,27-52-15-11-48-19-31(40)23-56-35(44)7-3)28-53-16-12-49-20-32(41)24-57-36(45)8-4;1-4-25(31)40-16-21(28)13-34-7-9-37-19-24(39-12-11-36-15-23(30)18-42-27(33)6-3)20-38-10-8-35-14-22(29)17-41-26(32)5-2;1-3-6(11)5-7(12)9(14)10-8(13)4-2;1-3-9(10)13-8-7-12-6-5-11-4-2;1-3-7(9)11-5-6-12-8(10)4-2;;/h5-8,29-32,38-41H,1-4,9-28H2;4-6,21-24,28-30H,1-3,7-20H2;3-4,7,9,12,14H,1-2,5H2,(H,10,13);3H,1,4-8H2,2H3;3-4H,1-2,5-6H2;2*1H4. The molecule has 0 fully saturated rings. The molecule has 0 bridgehead atoms. The number of allylic oxidation sites excluding steroid dienone is 1. The van der Waals surface area contributed by atoms with Crippen molar-refractivity contribution in [2.24, 2.45) is 5.41 Å². The number of rotatable bonds is 88. The summed E-state index contributed by atoms with van der Waals surface area (Å²) in [4.78, 5) is 131. The third-order valence-corrected chi connectivity index (χ3v) is 14.9. The van der Waals surface area contributed by atoms with Gasteiger partial charge in [0.2, 0.25) is 5.91 Å². The van der Waals surface area contributed by atoms with Gasteiger partial charge in [0.1, 0.15) is 121 Å². The van der Waals surface area contributed by atoms with Crippen molar-refractivity contribution in [2.75, 3.05) is 271 Å². The molecule has 9 unspecified atom stereocenters. The fourth-order valence-corrected chi connectivity index (χ4v) is 8.22. The van der Waals surface area contributed by atoms with Crippen LogP contribution in [0.5, 0.6) is 0 Å². The summed E-state index contributed by atoms with van der Waals surface area (Å²) in [5.74, 6) is -7.18. The summed E-state index contributed by atoms with van der Waals surface area (Å²) in [5, 5.41) is 89.4. The number of carbonyl (C=O) groups is 12. The summed E-state index contributed by atoms with van der Waals surface area (Å²) in [5.41, 5.74) is -0.951. The highest BCUT2D eigenvalue weighted by atomic mass is 16.6. The van der Waals surface area contributed by atoms with Crippen LogP contribution in [0.15, 0.2) is 152 Å². The molecular formula is C92H151NO47. The average molecular weight is 2020 g/mol. The fourth-order valence-electron chi connectivity index (χ4n) is 8.22. The van der Waals surface area contributed by atoms with Crippen molar-refractivity contribution in [3.8, 4) is 0 Å². The number of ketones is 1. The van der Waals surface area contributed by atoms with Gasteiger partial charge in [-0.1, -0.05) is 93.8 Å². The largest absolute Gasteiger partial charge is 0.460 e. The molecule has 0 aliphatic carbocycles. The lowest BCUT2D eigenvalue weighted by atomic mass is 9.92. The molecule has 0 saturated carbocycles. The Hall–Kier alpha value is -10.3. The van der Waals surface area contributed by atoms with E-state index in [2.05, 4.69) is 93.2 Å². The average Bonchev–Trinajstić information content (AvgIpc) is 0.865. The first-order valence-electron chi connectivity index (χ1n) is 42.5. The quantitative estimate of drug-likeness (QED) is 0.0112. The van der Waals surface area contributed by atoms with E-state index in [1.165, 1.54) is 0 Å². The van der Waals surface area contributed by atoms with Crippen molar-refractivity contribution in [1.82, 2.24) is 5.32 Å². The number of hydrogen-bond donors (Lipinski definition) is 10. The number of aliphatic hydroxyl groups excluding tert-OH is 9. The zero-order valence-electron chi connectivity index (χ0n) is 78.4. The van der Waals surface area contributed by atoms with Gasteiger partial charge in [-0.3, -0.25) is 9.59 Å². The molecule has 0 spiro atoms. The first kappa shape index (κ1) is 143. The van der Waals surface area contributed by atoms with Crippen LogP contribution in [0.25, 0.3) is 0 Å². The number of ether oxygens (including phenoxy) is 26. The Morgan fingerprint density at radius 3 is 0.671 bits per heavy atom. The van der Waals surface area contributed by atoms with Crippen LogP contribution in [0.3, 0.4) is 0 Å². The maximum Gasteiger partial charge on any atom is 0.330 e. The van der Waals surface area contributed by atoms with Crippen LogP contribution in [-0.2, 0) is 181 Å². The van der Waals surface area contributed by atoms with E-state index < -0.39 is 138 Å². The molecule has 0 saturated heterocycles. The lowest BCUT2D eigenvalue weighted by Gasteiger charge is -2.33. The highest BCUT2D eigenvalue weighted by molar-refractivity contribution is 5.90. The third kappa shape index (κ3) is 101. The number of aliphatic hydroxyl groups is 9. The fraction of sp³-hybridized carbons (Fsp3) is 0.609. The van der Waals surface area contributed by atoms with Gasteiger partial charge in [-0.25, -0.2) is 47.9 Å². The van der Waals surface area contributed by atoms with E-state index >= 15 is 0 Å². The lowest BCUT2D eigenvalue weighted by molar-refractivity contribution is -0.146. The topological polar surface area (TPSA) is 639 Å². The van der Waals surface area contributed by atoms with Crippen molar-refractivity contribution in [2.45, 2.75) is 89.4 Å². The van der Waals surface area contributed by atoms with Gasteiger partial charge in [-0.15, -0.1) is 0 Å². The molecule has 48 heteroatoms. The van der Waals surface area contributed by atoms with Gasteiger partial charge in [0, 0.05) is 73.8 Å². The molecule has 9 atom stereocenters. The summed E-state index contributed by atoms with van der Waals surface area (Å²) in [6, 6.07) is 0. The van der Waals surface area contributed by atoms with Gasteiger partial charge in [-0.05, 0) is 19.1 Å². The van der Waals surface area contributed by atoms with Crippen LogP contribution in [0.4, 0.5) is 0 Å². The molecule has 10 N–H and O–H groups in total. The molecule has 0 rings (SSSR count). The Kier molecular flexibility index (Phi) is 105. The molecule has 0 aromatic rings. The SMILES string of the molecule is C.C.C=CC(=O)CC(O)C(O)NC(=O)C=C.C=CC(=O)OCC(O)COCCOCC(COCCOCC(O)COC(=O)C=C)(COCCOCC(O)COC(=O)C=C)COCCOCC(O)COC(=O)C=C.C=CC(=O)OCC(O)COCCOCC(COCCOCC(O)COC(=O)C=C)OCCOCC(O)COC(=O)C=C.C=CC(=O)OCCOC(=O)C=C.C=CC(=O)OCCOCCOCC. The predicted octanol–water partition coefficient (Wildman–Crippen LogP) is -1.21. The normalized spacial score (nSPS) is 12.9. The molecule has 0 heterocycles. The second kappa shape index (κ2) is 103. The molecular weight excluding hydrogens is 1870 g/mol. The highest BCUT2D eigenvalue weighted by Crippen LogP contribution is 2.21. The zero-order valence-corrected chi connectivity index (χ0v) is 78.4. The molecule has 48 nitrogen and oxygen atoms in total. The van der Waals surface area contributed by atoms with Gasteiger partial charge >= 0.3 is 59.7 Å². The van der Waals surface area contributed by atoms with Crippen molar-refractivity contribution in [3.05, 3.63) is 152 Å². The smallest absolute Gasteiger partial charge is 0.330 e. The first-order valence-corrected chi connectivity index (χ1v) is 42.5. The maximum atomic E-state index is 11.2. The summed E-state index contributed by atoms with van der Waals surface area (Å²) in [6.45, 7) is 42.8. The van der Waals surface area contributed by atoms with Crippen molar-refractivity contribution >= 4 is 71.4 Å². The molecule has 0 aromatic carbocycles. The number of nitrogens with one attached hydrogen (secondary N) is 1. The Balaban J connectivity index is -0.000000366. The Labute approximate surface area is 817 Å². The molecule has 140 heavy (non-hydrogen) atoms. The van der Waals surface area contributed by atoms with Gasteiger partial charge in [0.25, 0.3) is 0 Å². The van der Waals surface area contributed by atoms with E-state index in [0.717, 1.165) is 72.9 Å². The van der Waals surface area contributed by atoms with Crippen LogP contribution in [0, 0.1) is 5.41 Å². The minimum absolute atomic E-state index is 0. The van der Waals surface area contributed by atoms with E-state index in [0.29, 0.717) is 26.4 Å². The van der Waals surface area contributed by atoms with Gasteiger partial charge in [0.05, 0.1) is 204 Å². The van der Waals surface area contributed by atoms with Crippen molar-refractivity contribution in [3.63, 3.8) is 0 Å². The summed E-state index contributed by atoms with van der Waals surface area (Å²) >= 11 is 0. The van der Waals surface area contributed by atoms with Gasteiger partial charge < -0.3 is 174 Å². The molecule has 806 valence electrons. The molecule has 0 radical (unpaired) electrons. The van der Waals surface area contributed by atoms with Crippen LogP contribution < -0.4 is 5.32 Å². The van der Waals surface area contributed by atoms with Gasteiger partial charge in [-0.2, -0.15) is 0 Å². The Morgan fingerprint density at radius 1 is 0.243 bits per heavy atom. The van der Waals surface area contributed by atoms with E-state index in [-0.39, 0.29) is 266 Å². The van der Waals surface area contributed by atoms with E-state index in [9.17, 15) is 98.4 Å². The van der Waals surface area contributed by atoms with Crippen molar-refractivity contribution < 1.29 is 227 Å². The maximum absolute atomic E-state index is 11.2. The van der Waals surface area contributed by atoms with E-state index in [1.807, 2.05) is 12.2 Å². The van der Waals surface area contributed by atoms with Crippen LogP contribution >= 0.6 is 0 Å². The molecule has 0 aromatic heterocycles.